The Kier molecular flexibility index (Phi) is 10.5. The van der Waals surface area contributed by atoms with Crippen molar-refractivity contribution in [3.8, 4) is 5.75 Å². The third kappa shape index (κ3) is 8.04. The highest BCUT2D eigenvalue weighted by molar-refractivity contribution is 5.93. The summed E-state index contributed by atoms with van der Waals surface area (Å²) < 4.78 is 34.7. The molecule has 11 nitrogen and oxygen atoms in total. The van der Waals surface area contributed by atoms with Crippen LogP contribution in [0.15, 0.2) is 24.3 Å². The standard InChI is InChI=1S/C26H38FN3O8/c1-15(29(6)25(34)38-26(3,4)5)22(31)28-21(16(2)35-7)23(32)30-14-19(13-20(30)24(33)36-8)37-18-11-9-17(27)10-12-18/h9-12,15-16,19-21H,13-14H2,1-8H3,(H,28,31)/t15-,16?,19?,20-,21-/m0/s1. The first kappa shape index (κ1) is 30.8. The van der Waals surface area contributed by atoms with E-state index in [2.05, 4.69) is 5.32 Å². The molecule has 1 saturated heterocycles. The van der Waals surface area contributed by atoms with Crippen LogP contribution in [0.3, 0.4) is 0 Å². The number of nitrogens with zero attached hydrogens (tertiary/aromatic N) is 2. The van der Waals surface area contributed by atoms with Gasteiger partial charge >= 0.3 is 12.1 Å². The summed E-state index contributed by atoms with van der Waals surface area (Å²) in [6, 6.07) is 2.26. The van der Waals surface area contributed by atoms with E-state index >= 15 is 0 Å². The number of methoxy groups -OCH3 is 2. The first-order valence-corrected chi connectivity index (χ1v) is 12.3. The van der Waals surface area contributed by atoms with Gasteiger partial charge in [-0.3, -0.25) is 14.5 Å². The van der Waals surface area contributed by atoms with Crippen LogP contribution < -0.4 is 10.1 Å². The zero-order chi connectivity index (χ0) is 28.8. The number of carbonyl (C=O) groups excluding carboxylic acids is 4. The van der Waals surface area contributed by atoms with E-state index in [-0.39, 0.29) is 13.0 Å². The molecule has 5 atom stereocenters. The maximum atomic E-state index is 13.7. The molecule has 38 heavy (non-hydrogen) atoms. The first-order chi connectivity index (χ1) is 17.7. The van der Waals surface area contributed by atoms with Gasteiger partial charge in [-0.1, -0.05) is 0 Å². The van der Waals surface area contributed by atoms with Gasteiger partial charge in [0, 0.05) is 20.6 Å². The Bertz CT molecular complexity index is 997. The molecule has 2 unspecified atom stereocenters. The molecule has 1 heterocycles. The summed E-state index contributed by atoms with van der Waals surface area (Å²) in [5.74, 6) is -1.89. The smallest absolute Gasteiger partial charge is 0.410 e. The summed E-state index contributed by atoms with van der Waals surface area (Å²) in [5, 5.41) is 2.65. The van der Waals surface area contributed by atoms with Crippen molar-refractivity contribution in [1.29, 1.82) is 0 Å². The summed E-state index contributed by atoms with van der Waals surface area (Å²) in [6.07, 6.45) is -1.93. The van der Waals surface area contributed by atoms with Gasteiger partial charge in [-0.05, 0) is 58.9 Å². The minimum Gasteiger partial charge on any atom is -0.488 e. The third-order valence-corrected chi connectivity index (χ3v) is 6.18. The average molecular weight is 540 g/mol. The Morgan fingerprint density at radius 2 is 1.71 bits per heavy atom. The van der Waals surface area contributed by atoms with Crippen LogP contribution in [-0.2, 0) is 28.6 Å². The second-order valence-corrected chi connectivity index (χ2v) is 10.2. The van der Waals surface area contributed by atoms with Crippen LogP contribution in [0.4, 0.5) is 9.18 Å². The van der Waals surface area contributed by atoms with Crippen molar-refractivity contribution in [3.63, 3.8) is 0 Å². The Morgan fingerprint density at radius 1 is 1.11 bits per heavy atom. The van der Waals surface area contributed by atoms with Crippen molar-refractivity contribution < 1.29 is 42.5 Å². The molecule has 0 saturated carbocycles. The Morgan fingerprint density at radius 3 is 2.24 bits per heavy atom. The van der Waals surface area contributed by atoms with E-state index in [1.807, 2.05) is 0 Å². The highest BCUT2D eigenvalue weighted by Crippen LogP contribution is 2.26. The average Bonchev–Trinajstić information content (AvgIpc) is 3.28. The van der Waals surface area contributed by atoms with E-state index in [1.165, 1.54) is 57.4 Å². The quantitative estimate of drug-likeness (QED) is 0.474. The van der Waals surface area contributed by atoms with Gasteiger partial charge in [0.15, 0.2) is 0 Å². The van der Waals surface area contributed by atoms with Gasteiger partial charge < -0.3 is 29.2 Å². The van der Waals surface area contributed by atoms with Crippen molar-refractivity contribution in [3.05, 3.63) is 30.1 Å². The highest BCUT2D eigenvalue weighted by atomic mass is 19.1. The number of likely N-dealkylation sites (N-methyl/N-ethyl adjacent to an activating group) is 1. The van der Waals surface area contributed by atoms with Crippen molar-refractivity contribution in [2.45, 2.75) is 77.0 Å². The number of hydrogen-bond donors (Lipinski definition) is 1. The van der Waals surface area contributed by atoms with Gasteiger partial charge in [-0.15, -0.1) is 0 Å². The predicted molar refractivity (Wildman–Crippen MR) is 135 cm³/mol. The molecule has 0 aromatic heterocycles. The van der Waals surface area contributed by atoms with E-state index in [9.17, 15) is 23.6 Å². The fourth-order valence-corrected chi connectivity index (χ4v) is 3.83. The molecule has 1 fully saturated rings. The molecule has 1 aromatic rings. The van der Waals surface area contributed by atoms with Crippen LogP contribution >= 0.6 is 0 Å². The van der Waals surface area contributed by atoms with Gasteiger partial charge in [0.05, 0.1) is 19.8 Å². The SMILES string of the molecule is COC(=O)[C@@H]1CC(Oc2ccc(F)cc2)CN1C(=O)[C@@H](NC(=O)[C@H](C)N(C)C(=O)OC(C)(C)C)C(C)OC. The predicted octanol–water partition coefficient (Wildman–Crippen LogP) is 2.12. The van der Waals surface area contributed by atoms with E-state index in [0.717, 1.165) is 4.90 Å². The summed E-state index contributed by atoms with van der Waals surface area (Å²) in [7, 11) is 4.01. The number of esters is 1. The molecule has 1 N–H and O–H groups in total. The molecule has 0 spiro atoms. The maximum absolute atomic E-state index is 13.7. The minimum absolute atomic E-state index is 0.0200. The van der Waals surface area contributed by atoms with Crippen LogP contribution in [0.25, 0.3) is 0 Å². The Labute approximate surface area is 222 Å². The lowest BCUT2D eigenvalue weighted by atomic mass is 10.1. The minimum atomic E-state index is -1.18. The number of ether oxygens (including phenoxy) is 4. The lowest BCUT2D eigenvalue weighted by Gasteiger charge is -2.32. The van der Waals surface area contributed by atoms with Crippen LogP contribution in [0, 0.1) is 5.82 Å². The van der Waals surface area contributed by atoms with E-state index in [0.29, 0.717) is 5.75 Å². The summed E-state index contributed by atoms with van der Waals surface area (Å²) in [6.45, 7) is 8.24. The summed E-state index contributed by atoms with van der Waals surface area (Å²) in [4.78, 5) is 54.1. The maximum Gasteiger partial charge on any atom is 0.410 e. The van der Waals surface area contributed by atoms with Gasteiger partial charge in [0.1, 0.15) is 41.4 Å². The molecule has 0 radical (unpaired) electrons. The first-order valence-electron chi connectivity index (χ1n) is 12.3. The number of rotatable bonds is 9. The number of likely N-dealkylation sites (tertiary alicyclic amines) is 1. The Hall–Kier alpha value is -3.41. The molecule has 2 rings (SSSR count). The molecule has 12 heteroatoms. The third-order valence-electron chi connectivity index (χ3n) is 6.18. The van der Waals surface area contributed by atoms with Crippen molar-refractivity contribution in [1.82, 2.24) is 15.1 Å². The Balaban J connectivity index is 2.21. The second-order valence-electron chi connectivity index (χ2n) is 10.2. The summed E-state index contributed by atoms with van der Waals surface area (Å²) in [5.41, 5.74) is -0.754. The number of nitrogens with one attached hydrogen (secondary N) is 1. The molecular weight excluding hydrogens is 501 g/mol. The van der Waals surface area contributed by atoms with Gasteiger partial charge in [0.2, 0.25) is 11.8 Å². The van der Waals surface area contributed by atoms with Crippen molar-refractivity contribution in [2.24, 2.45) is 0 Å². The summed E-state index contributed by atoms with van der Waals surface area (Å²) >= 11 is 0. The number of hydrogen-bond acceptors (Lipinski definition) is 8. The number of carbonyl (C=O) groups is 4. The molecule has 1 aliphatic heterocycles. The lowest BCUT2D eigenvalue weighted by molar-refractivity contribution is -0.153. The molecular formula is C26H38FN3O8. The normalized spacial score (nSPS) is 19.7. The zero-order valence-corrected chi connectivity index (χ0v) is 23.1. The second kappa shape index (κ2) is 12.9. The van der Waals surface area contributed by atoms with Gasteiger partial charge in [-0.2, -0.15) is 0 Å². The number of benzene rings is 1. The monoisotopic (exact) mass is 539 g/mol. The van der Waals surface area contributed by atoms with Crippen molar-refractivity contribution >= 4 is 23.9 Å². The topological polar surface area (TPSA) is 124 Å². The molecule has 0 aliphatic carbocycles. The van der Waals surface area contributed by atoms with E-state index in [4.69, 9.17) is 18.9 Å². The van der Waals surface area contributed by atoms with Crippen LogP contribution in [0.5, 0.6) is 5.75 Å². The van der Waals surface area contributed by atoms with Crippen LogP contribution in [-0.4, -0.2) is 97.4 Å². The molecule has 212 valence electrons. The molecule has 3 amide bonds. The fraction of sp³-hybridized carbons (Fsp3) is 0.615. The zero-order valence-electron chi connectivity index (χ0n) is 23.1. The van der Waals surface area contributed by atoms with Crippen molar-refractivity contribution in [2.75, 3.05) is 27.8 Å². The van der Waals surface area contributed by atoms with Crippen LogP contribution in [0.1, 0.15) is 41.0 Å². The fourth-order valence-electron chi connectivity index (χ4n) is 3.83. The van der Waals surface area contributed by atoms with E-state index < -0.39 is 65.6 Å². The van der Waals surface area contributed by atoms with Crippen LogP contribution in [0.2, 0.25) is 0 Å². The number of amides is 3. The molecule has 1 aromatic carbocycles. The molecule has 0 bridgehead atoms. The van der Waals surface area contributed by atoms with Gasteiger partial charge in [-0.25, -0.2) is 14.0 Å². The lowest BCUT2D eigenvalue weighted by Crippen LogP contribution is -2.59. The van der Waals surface area contributed by atoms with E-state index in [1.54, 1.807) is 27.7 Å². The largest absolute Gasteiger partial charge is 0.488 e. The number of halogens is 1. The highest BCUT2D eigenvalue weighted by Gasteiger charge is 2.45. The molecule has 1 aliphatic rings. The van der Waals surface area contributed by atoms with Gasteiger partial charge in [0.25, 0.3) is 0 Å².